The summed E-state index contributed by atoms with van der Waals surface area (Å²) in [5, 5.41) is 2.80. The third-order valence-corrected chi connectivity index (χ3v) is 4.92. The molecule has 1 N–H and O–H groups in total. The summed E-state index contributed by atoms with van der Waals surface area (Å²) in [5.74, 6) is 0. The molecule has 0 amide bonds. The summed E-state index contributed by atoms with van der Waals surface area (Å²) in [6, 6.07) is 0. The van der Waals surface area contributed by atoms with Gasteiger partial charge in [-0.15, -0.1) is 0 Å². The van der Waals surface area contributed by atoms with Crippen LogP contribution in [0.1, 0.15) is 13.3 Å². The number of ether oxygens (including phenoxy) is 1. The van der Waals surface area contributed by atoms with Crippen LogP contribution in [0.5, 0.6) is 0 Å². The van der Waals surface area contributed by atoms with E-state index >= 15 is 0 Å². The first-order chi connectivity index (χ1) is 7.09. The Labute approximate surface area is 91.8 Å². The second-order valence-corrected chi connectivity index (χ2v) is 6.00. The van der Waals surface area contributed by atoms with E-state index in [0.29, 0.717) is 32.7 Å². The van der Waals surface area contributed by atoms with Crippen LogP contribution in [0.15, 0.2) is 0 Å². The van der Waals surface area contributed by atoms with Crippen LogP contribution in [0.3, 0.4) is 0 Å². The van der Waals surface area contributed by atoms with Gasteiger partial charge in [0.05, 0.1) is 11.9 Å². The van der Waals surface area contributed by atoms with Gasteiger partial charge in [-0.3, -0.25) is 0 Å². The summed E-state index contributed by atoms with van der Waals surface area (Å²) in [5.41, 5.74) is 0. The molecule has 0 saturated carbocycles. The normalized spacial score (nSPS) is 22.5. The molecule has 0 aromatic rings. The van der Waals surface area contributed by atoms with Gasteiger partial charge in [-0.2, -0.15) is 0 Å². The Morgan fingerprint density at radius 3 is 2.80 bits per heavy atom. The first-order valence-electron chi connectivity index (χ1n) is 5.32. The molecule has 1 rings (SSSR count). The Kier molecular flexibility index (Phi) is 4.98. The lowest BCUT2D eigenvalue weighted by atomic mass is 10.4. The van der Waals surface area contributed by atoms with Crippen molar-refractivity contribution in [2.75, 3.05) is 39.9 Å². The van der Waals surface area contributed by atoms with E-state index in [9.17, 15) is 8.42 Å². The molecule has 0 radical (unpaired) electrons. The number of sulfonamides is 1. The van der Waals surface area contributed by atoms with E-state index in [1.807, 2.05) is 6.92 Å². The first-order valence-corrected chi connectivity index (χ1v) is 6.83. The highest BCUT2D eigenvalue weighted by atomic mass is 32.2. The van der Waals surface area contributed by atoms with Crippen LogP contribution in [0.4, 0.5) is 0 Å². The fourth-order valence-corrected chi connectivity index (χ4v) is 3.18. The molecular weight excluding hydrogens is 216 g/mol. The average Bonchev–Trinajstić information content (AvgIpc) is 2.71. The highest BCUT2D eigenvalue weighted by molar-refractivity contribution is 7.89. The second-order valence-electron chi connectivity index (χ2n) is 3.68. The molecule has 0 aromatic heterocycles. The average molecular weight is 236 g/mol. The van der Waals surface area contributed by atoms with Gasteiger partial charge in [0, 0.05) is 26.7 Å². The lowest BCUT2D eigenvalue weighted by molar-refractivity contribution is 0.138. The standard InChI is InChI=1S/C9H20N2O3S/c1-3-14-7-6-11(2)15(12,13)9-4-5-10-8-9/h9-10H,3-8H2,1-2H3. The predicted octanol–water partition coefficient (Wildman–Crippen LogP) is -0.354. The maximum atomic E-state index is 12.0. The van der Waals surface area contributed by atoms with E-state index < -0.39 is 10.0 Å². The zero-order valence-corrected chi connectivity index (χ0v) is 10.2. The van der Waals surface area contributed by atoms with Crippen LogP contribution in [0, 0.1) is 0 Å². The molecule has 0 aliphatic carbocycles. The number of nitrogens with zero attached hydrogens (tertiary/aromatic N) is 1. The SMILES string of the molecule is CCOCCN(C)S(=O)(=O)C1CCNC1. The van der Waals surface area contributed by atoms with E-state index in [1.165, 1.54) is 4.31 Å². The highest BCUT2D eigenvalue weighted by Gasteiger charge is 2.31. The summed E-state index contributed by atoms with van der Waals surface area (Å²) in [6.45, 7) is 4.79. The number of likely N-dealkylation sites (N-methyl/N-ethyl adjacent to an activating group) is 1. The smallest absolute Gasteiger partial charge is 0.218 e. The highest BCUT2D eigenvalue weighted by Crippen LogP contribution is 2.13. The molecule has 5 nitrogen and oxygen atoms in total. The molecule has 1 atom stereocenters. The lowest BCUT2D eigenvalue weighted by Gasteiger charge is -2.20. The van der Waals surface area contributed by atoms with Crippen molar-refractivity contribution in [3.63, 3.8) is 0 Å². The van der Waals surface area contributed by atoms with Crippen LogP contribution in [-0.2, 0) is 14.8 Å². The van der Waals surface area contributed by atoms with Crippen LogP contribution in [-0.4, -0.2) is 57.9 Å². The van der Waals surface area contributed by atoms with Crippen molar-refractivity contribution in [3.05, 3.63) is 0 Å². The molecular formula is C9H20N2O3S. The first kappa shape index (κ1) is 12.9. The molecule has 0 bridgehead atoms. The summed E-state index contributed by atoms with van der Waals surface area (Å²) in [4.78, 5) is 0. The van der Waals surface area contributed by atoms with Crippen molar-refractivity contribution in [1.82, 2.24) is 9.62 Å². The Morgan fingerprint density at radius 2 is 2.27 bits per heavy atom. The lowest BCUT2D eigenvalue weighted by Crippen LogP contribution is -2.39. The fourth-order valence-electron chi connectivity index (χ4n) is 1.60. The topological polar surface area (TPSA) is 58.6 Å². The van der Waals surface area contributed by atoms with Crippen LogP contribution in [0.2, 0.25) is 0 Å². The van der Waals surface area contributed by atoms with E-state index in [1.54, 1.807) is 7.05 Å². The second kappa shape index (κ2) is 5.79. The fraction of sp³-hybridized carbons (Fsp3) is 1.00. The summed E-state index contributed by atoms with van der Waals surface area (Å²) >= 11 is 0. The van der Waals surface area contributed by atoms with Gasteiger partial charge in [0.25, 0.3) is 0 Å². The number of nitrogens with one attached hydrogen (secondary N) is 1. The quantitative estimate of drug-likeness (QED) is 0.640. The molecule has 0 spiro atoms. The van der Waals surface area contributed by atoms with Crippen molar-refractivity contribution in [2.45, 2.75) is 18.6 Å². The number of hydrogen-bond acceptors (Lipinski definition) is 4. The Balaban J connectivity index is 2.45. The molecule has 1 aliphatic rings. The summed E-state index contributed by atoms with van der Waals surface area (Å²) in [6.07, 6.45) is 0.710. The minimum absolute atomic E-state index is 0.260. The Bertz CT molecular complexity index is 273. The molecule has 0 aromatic carbocycles. The van der Waals surface area contributed by atoms with Crippen molar-refractivity contribution in [2.24, 2.45) is 0 Å². The van der Waals surface area contributed by atoms with Crippen molar-refractivity contribution in [1.29, 1.82) is 0 Å². The number of hydrogen-bond donors (Lipinski definition) is 1. The van der Waals surface area contributed by atoms with Gasteiger partial charge in [0.2, 0.25) is 10.0 Å². The van der Waals surface area contributed by atoms with Crippen LogP contribution < -0.4 is 5.32 Å². The minimum Gasteiger partial charge on any atom is -0.380 e. The molecule has 1 unspecified atom stereocenters. The molecule has 1 aliphatic heterocycles. The zero-order valence-electron chi connectivity index (χ0n) is 9.40. The van der Waals surface area contributed by atoms with Gasteiger partial charge in [-0.25, -0.2) is 12.7 Å². The van der Waals surface area contributed by atoms with Gasteiger partial charge in [-0.05, 0) is 19.9 Å². The Morgan fingerprint density at radius 1 is 1.53 bits per heavy atom. The minimum atomic E-state index is -3.13. The van der Waals surface area contributed by atoms with E-state index in [4.69, 9.17) is 4.74 Å². The summed E-state index contributed by atoms with van der Waals surface area (Å²) < 4.78 is 30.5. The monoisotopic (exact) mass is 236 g/mol. The summed E-state index contributed by atoms with van der Waals surface area (Å²) in [7, 11) is -1.51. The third-order valence-electron chi connectivity index (χ3n) is 2.63. The van der Waals surface area contributed by atoms with Crippen molar-refractivity contribution in [3.8, 4) is 0 Å². The van der Waals surface area contributed by atoms with E-state index in [2.05, 4.69) is 5.32 Å². The number of rotatable bonds is 6. The van der Waals surface area contributed by atoms with Gasteiger partial charge >= 0.3 is 0 Å². The molecule has 1 fully saturated rings. The van der Waals surface area contributed by atoms with Crippen LogP contribution >= 0.6 is 0 Å². The van der Waals surface area contributed by atoms with Crippen LogP contribution in [0.25, 0.3) is 0 Å². The van der Waals surface area contributed by atoms with Crippen molar-refractivity contribution < 1.29 is 13.2 Å². The third kappa shape index (κ3) is 3.41. The van der Waals surface area contributed by atoms with Gasteiger partial charge in [0.15, 0.2) is 0 Å². The van der Waals surface area contributed by atoms with Gasteiger partial charge < -0.3 is 10.1 Å². The van der Waals surface area contributed by atoms with E-state index in [0.717, 1.165) is 6.54 Å². The predicted molar refractivity (Wildman–Crippen MR) is 59.3 cm³/mol. The molecule has 1 heterocycles. The van der Waals surface area contributed by atoms with Crippen molar-refractivity contribution >= 4 is 10.0 Å². The molecule has 90 valence electrons. The van der Waals surface area contributed by atoms with Gasteiger partial charge in [-0.1, -0.05) is 0 Å². The largest absolute Gasteiger partial charge is 0.380 e. The van der Waals surface area contributed by atoms with Gasteiger partial charge in [0.1, 0.15) is 0 Å². The molecule has 15 heavy (non-hydrogen) atoms. The Hall–Kier alpha value is -0.170. The maximum Gasteiger partial charge on any atom is 0.218 e. The molecule has 1 saturated heterocycles. The molecule has 6 heteroatoms. The van der Waals surface area contributed by atoms with E-state index in [-0.39, 0.29) is 5.25 Å². The zero-order chi connectivity index (χ0) is 11.3. The maximum absolute atomic E-state index is 12.0.